The first kappa shape index (κ1) is 16.5. The van der Waals surface area contributed by atoms with Gasteiger partial charge in [0, 0.05) is 13.7 Å². The number of carbonyl (C=O) groups is 1. The lowest BCUT2D eigenvalue weighted by Crippen LogP contribution is -2.27. The lowest BCUT2D eigenvalue weighted by molar-refractivity contribution is 0.0932. The van der Waals surface area contributed by atoms with Crippen molar-refractivity contribution in [3.63, 3.8) is 0 Å². The molecule has 0 aliphatic rings. The number of nitrogens with one attached hydrogen (secondary N) is 1. The van der Waals surface area contributed by atoms with Crippen LogP contribution in [0, 0.1) is 6.92 Å². The lowest BCUT2D eigenvalue weighted by Gasteiger charge is -2.00. The molecule has 0 unspecified atom stereocenters. The van der Waals surface area contributed by atoms with Crippen molar-refractivity contribution in [2.24, 2.45) is 0 Å². The molecule has 0 radical (unpaired) electrons. The number of carbonyl (C=O) groups excluding carboxylic acids is 1. The van der Waals surface area contributed by atoms with Crippen molar-refractivity contribution in [3.8, 4) is 0 Å². The minimum absolute atomic E-state index is 0.245. The van der Waals surface area contributed by atoms with Gasteiger partial charge in [-0.2, -0.15) is 0 Å². The minimum atomic E-state index is -0.287. The number of aromatic nitrogens is 2. The zero-order valence-electron chi connectivity index (χ0n) is 13.4. The lowest BCUT2D eigenvalue weighted by atomic mass is 10.2. The molecule has 0 saturated carbocycles. The van der Waals surface area contributed by atoms with E-state index in [-0.39, 0.29) is 11.6 Å². The standard InChI is InChI=1S/C16H17N3O4S/c1-10-4-3-5-12-14(10)19-16(23-12)24-9-13-18-11(8-22-13)15(20)17-6-7-21-2/h3-5,8H,6-7,9H2,1-2H3,(H,17,20). The van der Waals surface area contributed by atoms with Crippen LogP contribution in [-0.4, -0.2) is 36.1 Å². The molecule has 1 N–H and O–H groups in total. The Morgan fingerprint density at radius 3 is 3.04 bits per heavy atom. The molecule has 0 spiro atoms. The molecule has 8 heteroatoms. The van der Waals surface area contributed by atoms with E-state index in [4.69, 9.17) is 13.6 Å². The summed E-state index contributed by atoms with van der Waals surface area (Å²) < 4.78 is 15.9. The number of thioether (sulfide) groups is 1. The predicted octanol–water partition coefficient (Wildman–Crippen LogP) is 2.79. The van der Waals surface area contributed by atoms with Crippen LogP contribution in [0.4, 0.5) is 0 Å². The maximum atomic E-state index is 11.8. The Labute approximate surface area is 142 Å². The van der Waals surface area contributed by atoms with Crippen LogP contribution in [0.5, 0.6) is 0 Å². The molecule has 24 heavy (non-hydrogen) atoms. The molecular weight excluding hydrogens is 330 g/mol. The molecule has 0 aliphatic carbocycles. The van der Waals surface area contributed by atoms with Crippen molar-refractivity contribution in [2.75, 3.05) is 20.3 Å². The quantitative estimate of drug-likeness (QED) is 0.519. The van der Waals surface area contributed by atoms with Gasteiger partial charge >= 0.3 is 0 Å². The second-order valence-electron chi connectivity index (χ2n) is 5.07. The van der Waals surface area contributed by atoms with Gasteiger partial charge in [-0.3, -0.25) is 4.79 Å². The van der Waals surface area contributed by atoms with Crippen molar-refractivity contribution < 1.29 is 18.4 Å². The van der Waals surface area contributed by atoms with E-state index in [1.165, 1.54) is 18.0 Å². The van der Waals surface area contributed by atoms with Gasteiger partial charge in [0.2, 0.25) is 5.89 Å². The summed E-state index contributed by atoms with van der Waals surface area (Å²) in [5.74, 6) is 0.581. The summed E-state index contributed by atoms with van der Waals surface area (Å²) in [5.41, 5.74) is 2.91. The monoisotopic (exact) mass is 347 g/mol. The fraction of sp³-hybridized carbons (Fsp3) is 0.312. The molecule has 3 aromatic rings. The number of nitrogens with zero attached hydrogens (tertiary/aromatic N) is 2. The van der Waals surface area contributed by atoms with Crippen LogP contribution in [0.15, 0.2) is 38.5 Å². The van der Waals surface area contributed by atoms with Gasteiger partial charge in [0.1, 0.15) is 11.8 Å². The number of ether oxygens (including phenoxy) is 1. The number of hydrogen-bond donors (Lipinski definition) is 1. The first-order valence-electron chi connectivity index (χ1n) is 7.38. The molecule has 1 amide bonds. The summed E-state index contributed by atoms with van der Waals surface area (Å²) in [7, 11) is 1.57. The number of methoxy groups -OCH3 is 1. The van der Waals surface area contributed by atoms with Gasteiger partial charge < -0.3 is 18.9 Å². The zero-order chi connectivity index (χ0) is 16.9. The highest BCUT2D eigenvalue weighted by atomic mass is 32.2. The van der Waals surface area contributed by atoms with E-state index in [1.54, 1.807) is 7.11 Å². The fourth-order valence-electron chi connectivity index (χ4n) is 2.09. The maximum absolute atomic E-state index is 11.8. The largest absolute Gasteiger partial charge is 0.447 e. The van der Waals surface area contributed by atoms with Crippen LogP contribution in [0.3, 0.4) is 0 Å². The molecule has 1 aromatic carbocycles. The normalized spacial score (nSPS) is 11.1. The number of fused-ring (bicyclic) bond motifs is 1. The number of para-hydroxylation sites is 1. The number of aryl methyl sites for hydroxylation is 1. The Morgan fingerprint density at radius 1 is 1.38 bits per heavy atom. The molecule has 0 aliphatic heterocycles. The van der Waals surface area contributed by atoms with Gasteiger partial charge in [0.05, 0.1) is 12.4 Å². The SMILES string of the molecule is COCCNC(=O)c1coc(CSc2nc3c(C)cccc3o2)n1. The second kappa shape index (κ2) is 7.50. The highest BCUT2D eigenvalue weighted by Crippen LogP contribution is 2.27. The highest BCUT2D eigenvalue weighted by molar-refractivity contribution is 7.98. The average molecular weight is 347 g/mol. The second-order valence-corrected chi connectivity index (χ2v) is 5.99. The summed E-state index contributed by atoms with van der Waals surface area (Å²) in [6, 6.07) is 5.80. The molecule has 3 rings (SSSR count). The Bertz CT molecular complexity index is 843. The number of hydrogen-bond acceptors (Lipinski definition) is 7. The molecule has 2 aromatic heterocycles. The highest BCUT2D eigenvalue weighted by Gasteiger charge is 2.14. The molecule has 0 atom stereocenters. The Morgan fingerprint density at radius 2 is 2.25 bits per heavy atom. The Kier molecular flexibility index (Phi) is 5.17. The van der Waals surface area contributed by atoms with Gasteiger partial charge in [0.25, 0.3) is 11.1 Å². The van der Waals surface area contributed by atoms with Gasteiger partial charge in [-0.1, -0.05) is 23.9 Å². The van der Waals surface area contributed by atoms with E-state index < -0.39 is 0 Å². The smallest absolute Gasteiger partial charge is 0.273 e. The molecule has 0 saturated heterocycles. The van der Waals surface area contributed by atoms with Crippen molar-refractivity contribution in [1.29, 1.82) is 0 Å². The third-order valence-electron chi connectivity index (χ3n) is 3.30. The summed E-state index contributed by atoms with van der Waals surface area (Å²) in [6.07, 6.45) is 1.34. The van der Waals surface area contributed by atoms with Gasteiger partial charge in [-0.15, -0.1) is 0 Å². The molecule has 0 bridgehead atoms. The third-order valence-corrected chi connectivity index (χ3v) is 4.11. The average Bonchev–Trinajstić information content (AvgIpc) is 3.20. The number of amides is 1. The van der Waals surface area contributed by atoms with Crippen molar-refractivity contribution in [1.82, 2.24) is 15.3 Å². The van der Waals surface area contributed by atoms with Gasteiger partial charge in [-0.05, 0) is 18.6 Å². The Hall–Kier alpha value is -2.32. The van der Waals surface area contributed by atoms with Crippen molar-refractivity contribution in [3.05, 3.63) is 41.6 Å². The molecule has 7 nitrogen and oxygen atoms in total. The van der Waals surface area contributed by atoms with Crippen LogP contribution in [0.2, 0.25) is 0 Å². The summed E-state index contributed by atoms with van der Waals surface area (Å²) in [6.45, 7) is 2.86. The summed E-state index contributed by atoms with van der Waals surface area (Å²) >= 11 is 1.37. The van der Waals surface area contributed by atoms with Crippen LogP contribution in [0.1, 0.15) is 21.9 Å². The van der Waals surface area contributed by atoms with E-state index in [1.807, 2.05) is 25.1 Å². The van der Waals surface area contributed by atoms with E-state index in [0.29, 0.717) is 30.0 Å². The van der Waals surface area contributed by atoms with Crippen LogP contribution < -0.4 is 5.32 Å². The third kappa shape index (κ3) is 3.77. The number of rotatable bonds is 7. The van der Waals surface area contributed by atoms with E-state index in [9.17, 15) is 4.79 Å². The number of benzene rings is 1. The summed E-state index contributed by atoms with van der Waals surface area (Å²) in [5, 5.41) is 3.23. The van der Waals surface area contributed by atoms with Crippen LogP contribution in [0.25, 0.3) is 11.1 Å². The van der Waals surface area contributed by atoms with Crippen LogP contribution in [-0.2, 0) is 10.5 Å². The van der Waals surface area contributed by atoms with Gasteiger partial charge in [-0.25, -0.2) is 9.97 Å². The van der Waals surface area contributed by atoms with E-state index >= 15 is 0 Å². The molecular formula is C16H17N3O4S. The molecule has 126 valence electrons. The predicted molar refractivity (Wildman–Crippen MR) is 89.0 cm³/mol. The molecule has 0 fully saturated rings. The van der Waals surface area contributed by atoms with Crippen LogP contribution >= 0.6 is 11.8 Å². The zero-order valence-corrected chi connectivity index (χ0v) is 14.2. The Balaban J connectivity index is 1.60. The topological polar surface area (TPSA) is 90.4 Å². The van der Waals surface area contributed by atoms with E-state index in [2.05, 4.69) is 15.3 Å². The first-order valence-corrected chi connectivity index (χ1v) is 8.36. The summed E-state index contributed by atoms with van der Waals surface area (Å²) in [4.78, 5) is 20.5. The van der Waals surface area contributed by atoms with Crippen molar-refractivity contribution >= 4 is 28.8 Å². The number of oxazole rings is 2. The van der Waals surface area contributed by atoms with E-state index in [0.717, 1.165) is 16.7 Å². The minimum Gasteiger partial charge on any atom is -0.447 e. The van der Waals surface area contributed by atoms with Crippen molar-refractivity contribution in [2.45, 2.75) is 17.9 Å². The molecule has 2 heterocycles. The maximum Gasteiger partial charge on any atom is 0.273 e. The van der Waals surface area contributed by atoms with Gasteiger partial charge in [0.15, 0.2) is 11.3 Å². The fourth-order valence-corrected chi connectivity index (χ4v) is 2.77. The first-order chi connectivity index (χ1) is 11.7.